The van der Waals surface area contributed by atoms with Crippen molar-refractivity contribution in [1.82, 2.24) is 29.3 Å². The molecule has 8 nitrogen and oxygen atoms in total. The number of rotatable bonds is 4. The maximum atomic E-state index is 12.9. The largest absolute Gasteiger partial charge is 0.416 e. The molecule has 0 aliphatic carbocycles. The first-order chi connectivity index (χ1) is 16.3. The van der Waals surface area contributed by atoms with Crippen molar-refractivity contribution in [2.24, 2.45) is 0 Å². The number of alkyl halides is 3. The highest BCUT2D eigenvalue weighted by atomic mass is 19.4. The van der Waals surface area contributed by atoms with Crippen LogP contribution in [0.1, 0.15) is 11.4 Å². The molecule has 0 atom stereocenters. The molecule has 1 aromatic carbocycles. The van der Waals surface area contributed by atoms with E-state index in [0.717, 1.165) is 12.1 Å². The van der Waals surface area contributed by atoms with E-state index in [1.54, 1.807) is 36.7 Å². The van der Waals surface area contributed by atoms with Crippen LogP contribution in [0.2, 0.25) is 0 Å². The number of anilines is 1. The monoisotopic (exact) mass is 463 g/mol. The van der Waals surface area contributed by atoms with Crippen molar-refractivity contribution in [3.8, 4) is 16.9 Å². The Morgan fingerprint density at radius 3 is 2.47 bits per heavy atom. The Morgan fingerprint density at radius 1 is 0.971 bits per heavy atom. The minimum Gasteiger partial charge on any atom is -0.384 e. The second kappa shape index (κ2) is 8.10. The lowest BCUT2D eigenvalue weighted by atomic mass is 10.1. The average Bonchev–Trinajstić information content (AvgIpc) is 3.20. The van der Waals surface area contributed by atoms with Gasteiger partial charge in [-0.05, 0) is 48.5 Å². The van der Waals surface area contributed by atoms with Gasteiger partial charge in [-0.1, -0.05) is 0 Å². The summed E-state index contributed by atoms with van der Waals surface area (Å²) in [6.07, 6.45) is 0.250. The highest BCUT2D eigenvalue weighted by Crippen LogP contribution is 2.31. The van der Waals surface area contributed by atoms with Gasteiger partial charge in [-0.3, -0.25) is 4.79 Å². The highest BCUT2D eigenvalue weighted by Gasteiger charge is 2.30. The summed E-state index contributed by atoms with van der Waals surface area (Å²) in [5, 5.41) is 5.22. The molecule has 170 valence electrons. The van der Waals surface area contributed by atoms with Crippen molar-refractivity contribution in [2.45, 2.75) is 12.7 Å². The van der Waals surface area contributed by atoms with Gasteiger partial charge < -0.3 is 10.3 Å². The lowest BCUT2D eigenvalue weighted by Gasteiger charge is -2.08. The SMILES string of the molecule is Nc1ccnc(Cn2ccc(-c3nn(-c4ccc(C(F)(F)F)cc4)c4ncccc34)cc2=O)n1. The Hall–Kier alpha value is -4.54. The van der Waals surface area contributed by atoms with E-state index >= 15 is 0 Å². The summed E-state index contributed by atoms with van der Waals surface area (Å²) in [6, 6.07) is 12.9. The molecule has 2 N–H and O–H groups in total. The number of fused-ring (bicyclic) bond motifs is 1. The number of hydrogen-bond donors (Lipinski definition) is 1. The fraction of sp³-hybridized carbons (Fsp3) is 0.0870. The molecule has 0 aliphatic heterocycles. The van der Waals surface area contributed by atoms with Gasteiger partial charge in [-0.25, -0.2) is 19.6 Å². The highest BCUT2D eigenvalue weighted by molar-refractivity contribution is 5.91. The van der Waals surface area contributed by atoms with Gasteiger partial charge in [0.1, 0.15) is 17.3 Å². The third kappa shape index (κ3) is 3.98. The van der Waals surface area contributed by atoms with Crippen LogP contribution in [-0.2, 0) is 12.7 Å². The van der Waals surface area contributed by atoms with Crippen LogP contribution in [0.3, 0.4) is 0 Å². The van der Waals surface area contributed by atoms with Gasteiger partial charge in [0.15, 0.2) is 5.65 Å². The van der Waals surface area contributed by atoms with E-state index in [1.807, 2.05) is 0 Å². The van der Waals surface area contributed by atoms with Gasteiger partial charge >= 0.3 is 6.18 Å². The molecule has 5 aromatic rings. The van der Waals surface area contributed by atoms with E-state index in [9.17, 15) is 18.0 Å². The molecule has 0 spiro atoms. The zero-order valence-corrected chi connectivity index (χ0v) is 17.4. The van der Waals surface area contributed by atoms with Crippen molar-refractivity contribution in [1.29, 1.82) is 0 Å². The summed E-state index contributed by atoms with van der Waals surface area (Å²) in [5.74, 6) is 0.707. The van der Waals surface area contributed by atoms with Crippen molar-refractivity contribution < 1.29 is 13.2 Å². The van der Waals surface area contributed by atoms with E-state index < -0.39 is 11.7 Å². The summed E-state index contributed by atoms with van der Waals surface area (Å²) in [7, 11) is 0. The Bertz CT molecular complexity index is 1560. The van der Waals surface area contributed by atoms with Crippen LogP contribution < -0.4 is 11.3 Å². The molecule has 4 aromatic heterocycles. The van der Waals surface area contributed by atoms with E-state index in [-0.39, 0.29) is 12.1 Å². The van der Waals surface area contributed by atoms with Gasteiger partial charge in [-0.15, -0.1) is 0 Å². The maximum absolute atomic E-state index is 12.9. The fourth-order valence-electron chi connectivity index (χ4n) is 3.57. The predicted octanol–water partition coefficient (Wildman–Crippen LogP) is 3.69. The Kier molecular flexibility index (Phi) is 5.08. The van der Waals surface area contributed by atoms with E-state index in [0.29, 0.717) is 39.6 Å². The standard InChI is InChI=1S/C23H16F3N7O/c24-23(25,26)15-3-5-16(6-4-15)33-22-17(2-1-9-29-22)21(31-33)14-8-11-32(20(34)12-14)13-19-28-10-7-18(27)30-19/h1-12H,13H2,(H2,27,28,30). The number of halogens is 3. The number of nitrogen functional groups attached to an aromatic ring is 1. The number of pyridine rings is 2. The topological polar surface area (TPSA) is 105 Å². The van der Waals surface area contributed by atoms with Crippen LogP contribution in [0.15, 0.2) is 78.0 Å². The molecule has 4 heterocycles. The maximum Gasteiger partial charge on any atom is 0.416 e. The lowest BCUT2D eigenvalue weighted by molar-refractivity contribution is -0.137. The second-order valence-electron chi connectivity index (χ2n) is 7.46. The molecule has 34 heavy (non-hydrogen) atoms. The van der Waals surface area contributed by atoms with Crippen molar-refractivity contribution in [3.05, 3.63) is 94.9 Å². The fourth-order valence-corrected chi connectivity index (χ4v) is 3.57. The molecular formula is C23H16F3N7O. The zero-order chi connectivity index (χ0) is 23.9. The van der Waals surface area contributed by atoms with Crippen LogP contribution in [0, 0.1) is 0 Å². The quantitative estimate of drug-likeness (QED) is 0.436. The predicted molar refractivity (Wildman–Crippen MR) is 119 cm³/mol. The molecule has 0 saturated carbocycles. The summed E-state index contributed by atoms with van der Waals surface area (Å²) in [4.78, 5) is 25.3. The molecule has 0 fully saturated rings. The third-order valence-corrected chi connectivity index (χ3v) is 5.19. The first-order valence-corrected chi connectivity index (χ1v) is 10.1. The Balaban J connectivity index is 1.55. The van der Waals surface area contributed by atoms with Crippen molar-refractivity contribution in [2.75, 3.05) is 5.73 Å². The molecular weight excluding hydrogens is 447 g/mol. The second-order valence-corrected chi connectivity index (χ2v) is 7.46. The molecule has 5 rings (SSSR count). The van der Waals surface area contributed by atoms with Gasteiger partial charge in [0.25, 0.3) is 5.56 Å². The summed E-state index contributed by atoms with van der Waals surface area (Å²) >= 11 is 0. The number of benzene rings is 1. The summed E-state index contributed by atoms with van der Waals surface area (Å²) in [5.41, 5.74) is 6.50. The van der Waals surface area contributed by atoms with Gasteiger partial charge in [0, 0.05) is 35.6 Å². The molecule has 0 radical (unpaired) electrons. The first kappa shape index (κ1) is 21.3. The van der Waals surface area contributed by atoms with Crippen LogP contribution in [-0.4, -0.2) is 29.3 Å². The average molecular weight is 463 g/mol. The van der Waals surface area contributed by atoms with Gasteiger partial charge in [0.05, 0.1) is 17.8 Å². The Morgan fingerprint density at radius 2 is 1.76 bits per heavy atom. The third-order valence-electron chi connectivity index (χ3n) is 5.19. The van der Waals surface area contributed by atoms with Crippen LogP contribution in [0.4, 0.5) is 19.0 Å². The smallest absolute Gasteiger partial charge is 0.384 e. The summed E-state index contributed by atoms with van der Waals surface area (Å²) < 4.78 is 41.7. The van der Waals surface area contributed by atoms with Crippen LogP contribution in [0.25, 0.3) is 28.0 Å². The normalized spacial score (nSPS) is 11.7. The molecule has 0 saturated heterocycles. The number of hydrogen-bond acceptors (Lipinski definition) is 6. The van der Waals surface area contributed by atoms with E-state index in [1.165, 1.54) is 33.6 Å². The number of nitrogens with zero attached hydrogens (tertiary/aromatic N) is 6. The number of aromatic nitrogens is 6. The molecule has 0 unspecified atom stereocenters. The van der Waals surface area contributed by atoms with Crippen LogP contribution in [0.5, 0.6) is 0 Å². The van der Waals surface area contributed by atoms with Gasteiger partial charge in [0.2, 0.25) is 0 Å². The Labute approximate surface area is 190 Å². The molecule has 0 aliphatic rings. The van der Waals surface area contributed by atoms with Gasteiger partial charge in [-0.2, -0.15) is 18.3 Å². The molecule has 0 bridgehead atoms. The zero-order valence-electron chi connectivity index (χ0n) is 17.4. The van der Waals surface area contributed by atoms with Crippen LogP contribution >= 0.6 is 0 Å². The summed E-state index contributed by atoms with van der Waals surface area (Å²) in [6.45, 7) is 0.145. The number of nitrogens with two attached hydrogens (primary N) is 1. The molecule has 0 amide bonds. The minimum absolute atomic E-state index is 0.145. The van der Waals surface area contributed by atoms with E-state index in [2.05, 4.69) is 20.1 Å². The van der Waals surface area contributed by atoms with Crippen molar-refractivity contribution >= 4 is 16.9 Å². The van der Waals surface area contributed by atoms with E-state index in [4.69, 9.17) is 5.73 Å². The lowest BCUT2D eigenvalue weighted by Crippen LogP contribution is -2.20. The first-order valence-electron chi connectivity index (χ1n) is 10.1. The van der Waals surface area contributed by atoms with Crippen molar-refractivity contribution in [3.63, 3.8) is 0 Å². The molecule has 11 heteroatoms. The minimum atomic E-state index is -4.44.